The molecule has 1 aromatic rings. The summed E-state index contributed by atoms with van der Waals surface area (Å²) in [6, 6.07) is 3.54. The summed E-state index contributed by atoms with van der Waals surface area (Å²) in [5.41, 5.74) is 0. The second kappa shape index (κ2) is 7.80. The van der Waals surface area contributed by atoms with E-state index in [4.69, 9.17) is 4.74 Å². The van der Waals surface area contributed by atoms with Gasteiger partial charge >= 0.3 is 0 Å². The van der Waals surface area contributed by atoms with E-state index in [0.717, 1.165) is 51.4 Å². The molecule has 1 unspecified atom stereocenters. The van der Waals surface area contributed by atoms with E-state index in [1.54, 1.807) is 10.4 Å². The molecule has 3 rings (SSSR count). The molecule has 0 amide bonds. The van der Waals surface area contributed by atoms with E-state index in [-0.39, 0.29) is 0 Å². The molecule has 0 aromatic carbocycles. The molecule has 0 aliphatic carbocycles. The van der Waals surface area contributed by atoms with Crippen LogP contribution in [0.15, 0.2) is 23.2 Å². The maximum Gasteiger partial charge on any atom is 0.244 e. The van der Waals surface area contributed by atoms with E-state index in [9.17, 15) is 8.42 Å². The van der Waals surface area contributed by atoms with Gasteiger partial charge in [-0.25, -0.2) is 13.4 Å². The van der Waals surface area contributed by atoms with E-state index in [1.807, 2.05) is 13.0 Å². The molecule has 0 spiro atoms. The Labute approximate surface area is 144 Å². The Hall–Kier alpha value is -1.18. The minimum Gasteiger partial charge on any atom is -0.381 e. The number of rotatable bonds is 6. The van der Waals surface area contributed by atoms with Gasteiger partial charge in [0.05, 0.1) is 6.61 Å². The van der Waals surface area contributed by atoms with Crippen molar-refractivity contribution < 1.29 is 13.2 Å². The number of nitrogens with zero attached hydrogens (tertiary/aromatic N) is 3. The van der Waals surface area contributed by atoms with E-state index in [0.29, 0.717) is 23.9 Å². The molecule has 2 fully saturated rings. The van der Waals surface area contributed by atoms with Gasteiger partial charge in [0.25, 0.3) is 0 Å². The smallest absolute Gasteiger partial charge is 0.244 e. The summed E-state index contributed by atoms with van der Waals surface area (Å²) in [5.74, 6) is 1.38. The normalized spacial score (nSPS) is 22.9. The third-order valence-electron chi connectivity index (χ3n) is 4.82. The second-order valence-electron chi connectivity index (χ2n) is 6.58. The Balaban J connectivity index is 1.67. The zero-order valence-electron chi connectivity index (χ0n) is 14.4. The van der Waals surface area contributed by atoms with Crippen LogP contribution in [0.4, 0.5) is 5.82 Å². The lowest BCUT2D eigenvalue weighted by Crippen LogP contribution is -2.37. The molecular weight excluding hydrogens is 326 g/mol. The predicted molar refractivity (Wildman–Crippen MR) is 93.7 cm³/mol. The highest BCUT2D eigenvalue weighted by atomic mass is 32.2. The molecule has 6 nitrogen and oxygen atoms in total. The summed E-state index contributed by atoms with van der Waals surface area (Å²) < 4.78 is 32.2. The molecule has 7 heteroatoms. The van der Waals surface area contributed by atoms with Crippen LogP contribution in [-0.2, 0) is 14.8 Å². The minimum absolute atomic E-state index is 0.302. The lowest BCUT2D eigenvalue weighted by Gasteiger charge is -2.33. The van der Waals surface area contributed by atoms with Gasteiger partial charge < -0.3 is 9.64 Å². The summed E-state index contributed by atoms with van der Waals surface area (Å²) in [4.78, 5) is 6.97. The van der Waals surface area contributed by atoms with E-state index in [1.165, 1.54) is 12.6 Å². The Morgan fingerprint density at radius 1 is 1.21 bits per heavy atom. The van der Waals surface area contributed by atoms with Crippen LogP contribution in [0.3, 0.4) is 0 Å². The molecule has 0 N–H and O–H groups in total. The van der Waals surface area contributed by atoms with E-state index >= 15 is 0 Å². The molecule has 2 aliphatic heterocycles. The average molecular weight is 353 g/mol. The first-order valence-corrected chi connectivity index (χ1v) is 10.3. The number of aromatic nitrogens is 1. The Morgan fingerprint density at radius 2 is 2.00 bits per heavy atom. The minimum atomic E-state index is -3.38. The Kier molecular flexibility index (Phi) is 5.73. The molecule has 134 valence electrons. The number of anilines is 1. The molecule has 24 heavy (non-hydrogen) atoms. The summed E-state index contributed by atoms with van der Waals surface area (Å²) in [5, 5.41) is 0. The van der Waals surface area contributed by atoms with Gasteiger partial charge in [-0.15, -0.1) is 0 Å². The predicted octanol–water partition coefficient (Wildman–Crippen LogP) is 2.12. The molecule has 2 aliphatic rings. The zero-order valence-corrected chi connectivity index (χ0v) is 15.2. The van der Waals surface area contributed by atoms with E-state index < -0.39 is 10.0 Å². The lowest BCUT2D eigenvalue weighted by atomic mass is 9.99. The van der Waals surface area contributed by atoms with Crippen molar-refractivity contribution in [1.82, 2.24) is 9.29 Å². The van der Waals surface area contributed by atoms with Crippen LogP contribution >= 0.6 is 0 Å². The van der Waals surface area contributed by atoms with Crippen LogP contribution in [0, 0.1) is 5.92 Å². The van der Waals surface area contributed by atoms with E-state index in [2.05, 4.69) is 9.88 Å². The number of sulfonamides is 1. The molecule has 0 radical (unpaired) electrons. The maximum absolute atomic E-state index is 12.5. The SMILES string of the molecule is CCOCC1CCCN(c2ccc(S(=O)(=O)N3CCCC3)cn2)C1. The van der Waals surface area contributed by atoms with Crippen LogP contribution in [0.25, 0.3) is 0 Å². The number of hydrogen-bond acceptors (Lipinski definition) is 5. The van der Waals surface area contributed by atoms with Crippen molar-refractivity contribution in [2.75, 3.05) is 44.3 Å². The first kappa shape index (κ1) is 17.6. The van der Waals surface area contributed by atoms with Gasteiger partial charge in [0.1, 0.15) is 10.7 Å². The van der Waals surface area contributed by atoms with Gasteiger partial charge in [0.2, 0.25) is 10.0 Å². The third kappa shape index (κ3) is 3.90. The molecule has 3 heterocycles. The monoisotopic (exact) mass is 353 g/mol. The van der Waals surface area contributed by atoms with Gasteiger partial charge in [-0.1, -0.05) is 0 Å². The number of hydrogen-bond donors (Lipinski definition) is 0. The van der Waals surface area contributed by atoms with Crippen molar-refractivity contribution >= 4 is 15.8 Å². The summed E-state index contributed by atoms with van der Waals surface area (Å²) in [7, 11) is -3.38. The van der Waals surface area contributed by atoms with Gasteiger partial charge in [0, 0.05) is 39.0 Å². The highest BCUT2D eigenvalue weighted by Gasteiger charge is 2.28. The maximum atomic E-state index is 12.5. The van der Waals surface area contributed by atoms with Crippen molar-refractivity contribution in [3.63, 3.8) is 0 Å². The number of pyridine rings is 1. The van der Waals surface area contributed by atoms with Crippen molar-refractivity contribution in [3.05, 3.63) is 18.3 Å². The quantitative estimate of drug-likeness (QED) is 0.784. The first-order chi connectivity index (χ1) is 11.6. The Morgan fingerprint density at radius 3 is 2.67 bits per heavy atom. The van der Waals surface area contributed by atoms with Crippen molar-refractivity contribution in [2.45, 2.75) is 37.5 Å². The first-order valence-electron chi connectivity index (χ1n) is 8.90. The van der Waals surface area contributed by atoms with Crippen LogP contribution in [0.1, 0.15) is 32.6 Å². The third-order valence-corrected chi connectivity index (χ3v) is 6.71. The molecule has 0 saturated carbocycles. The molecule has 2 saturated heterocycles. The highest BCUT2D eigenvalue weighted by Crippen LogP contribution is 2.25. The topological polar surface area (TPSA) is 62.7 Å². The van der Waals surface area contributed by atoms with Crippen LogP contribution in [-0.4, -0.2) is 57.1 Å². The van der Waals surface area contributed by atoms with Crippen molar-refractivity contribution in [2.24, 2.45) is 5.92 Å². The largest absolute Gasteiger partial charge is 0.381 e. The van der Waals surface area contributed by atoms with Gasteiger partial charge in [-0.05, 0) is 50.7 Å². The summed E-state index contributed by atoms with van der Waals surface area (Å²) in [6.07, 6.45) is 5.69. The second-order valence-corrected chi connectivity index (χ2v) is 8.51. The average Bonchev–Trinajstić information content (AvgIpc) is 3.16. The lowest BCUT2D eigenvalue weighted by molar-refractivity contribution is 0.104. The molecule has 0 bridgehead atoms. The fourth-order valence-corrected chi connectivity index (χ4v) is 4.95. The fraction of sp³-hybridized carbons (Fsp3) is 0.706. The van der Waals surface area contributed by atoms with Crippen molar-refractivity contribution in [1.29, 1.82) is 0 Å². The molecular formula is C17H27N3O3S. The number of ether oxygens (including phenoxy) is 1. The molecule has 1 aromatic heterocycles. The highest BCUT2D eigenvalue weighted by molar-refractivity contribution is 7.89. The zero-order chi connectivity index (χ0) is 17.0. The molecule has 1 atom stereocenters. The van der Waals surface area contributed by atoms with Crippen molar-refractivity contribution in [3.8, 4) is 0 Å². The number of piperidine rings is 1. The standard InChI is InChI=1S/C17H27N3O3S/c1-2-23-14-15-6-5-9-19(13-15)17-8-7-16(12-18-17)24(21,22)20-10-3-4-11-20/h7-8,12,15H,2-6,9-11,13-14H2,1H3. The summed E-state index contributed by atoms with van der Waals surface area (Å²) >= 11 is 0. The Bertz CT molecular complexity index is 627. The van der Waals surface area contributed by atoms with Gasteiger partial charge in [-0.3, -0.25) is 0 Å². The van der Waals surface area contributed by atoms with Crippen LogP contribution in [0.5, 0.6) is 0 Å². The van der Waals surface area contributed by atoms with Crippen LogP contribution in [0.2, 0.25) is 0 Å². The summed E-state index contributed by atoms with van der Waals surface area (Å²) in [6.45, 7) is 6.68. The van der Waals surface area contributed by atoms with Crippen LogP contribution < -0.4 is 4.90 Å². The van der Waals surface area contributed by atoms with Gasteiger partial charge in [0.15, 0.2) is 0 Å². The van der Waals surface area contributed by atoms with Gasteiger partial charge in [-0.2, -0.15) is 4.31 Å². The fourth-order valence-electron chi connectivity index (χ4n) is 3.48.